The molecule has 0 unspecified atom stereocenters. The van der Waals surface area contributed by atoms with Crippen molar-refractivity contribution in [3.05, 3.63) is 41.5 Å². The minimum atomic E-state index is -5.32. The molecule has 0 spiro atoms. The van der Waals surface area contributed by atoms with Crippen LogP contribution in [-0.2, 0) is 0 Å². The van der Waals surface area contributed by atoms with Crippen molar-refractivity contribution in [2.75, 3.05) is 5.32 Å². The van der Waals surface area contributed by atoms with Gasteiger partial charge in [0.2, 0.25) is 0 Å². The molecule has 146 valence electrons. The summed E-state index contributed by atoms with van der Waals surface area (Å²) in [5.74, 6) is -4.66. The summed E-state index contributed by atoms with van der Waals surface area (Å²) in [5, 5.41) is 2.45. The van der Waals surface area contributed by atoms with Gasteiger partial charge in [0.25, 0.3) is 11.6 Å². The molecule has 0 aromatic heterocycles. The largest absolute Gasteiger partial charge is 0.454 e. The number of alkyl halides is 6. The highest BCUT2D eigenvalue weighted by Gasteiger charge is 2.44. The van der Waals surface area contributed by atoms with Crippen LogP contribution in [0.4, 0.5) is 32.0 Å². The summed E-state index contributed by atoms with van der Waals surface area (Å²) in [6.45, 7) is 4.83. The van der Waals surface area contributed by atoms with Crippen LogP contribution in [0.15, 0.2) is 30.3 Å². The predicted octanol–water partition coefficient (Wildman–Crippen LogP) is 5.54. The van der Waals surface area contributed by atoms with Crippen molar-refractivity contribution in [2.24, 2.45) is 0 Å². The smallest absolute Gasteiger partial charge is 0.379 e. The van der Waals surface area contributed by atoms with E-state index in [0.717, 1.165) is 0 Å². The average molecular weight is 391 g/mol. The monoisotopic (exact) mass is 391 g/mol. The number of halogens is 6. The second-order valence-electron chi connectivity index (χ2n) is 6.92. The fraction of sp³-hybridized carbons (Fsp3) is 0.333. The molecule has 3 nitrogen and oxygen atoms in total. The Morgan fingerprint density at radius 3 is 1.67 bits per heavy atom. The quantitative estimate of drug-likeness (QED) is 0.552. The summed E-state index contributed by atoms with van der Waals surface area (Å²) >= 11 is 0. The molecule has 2 aromatic rings. The van der Waals surface area contributed by atoms with Crippen molar-refractivity contribution >= 4 is 28.0 Å². The molecule has 0 atom stereocenters. The van der Waals surface area contributed by atoms with Crippen molar-refractivity contribution < 1.29 is 35.9 Å². The number of hydrogen-bond donors (Lipinski definition) is 1. The van der Waals surface area contributed by atoms with E-state index in [4.69, 9.17) is 0 Å². The van der Waals surface area contributed by atoms with Gasteiger partial charge in [0.05, 0.1) is 11.3 Å². The molecule has 9 heteroatoms. The van der Waals surface area contributed by atoms with Crippen LogP contribution in [0.2, 0.25) is 0 Å². The van der Waals surface area contributed by atoms with E-state index in [-0.39, 0.29) is 16.5 Å². The minimum absolute atomic E-state index is 0.0878. The van der Waals surface area contributed by atoms with E-state index < -0.39 is 40.6 Å². The van der Waals surface area contributed by atoms with Crippen LogP contribution in [0.5, 0.6) is 0 Å². The SMILES string of the molecule is CC(C)(C)Nc1c(C(=O)C(F)(F)F)cc(C(=O)C(F)(F)F)c2ccccc12. The molecule has 0 radical (unpaired) electrons. The van der Waals surface area contributed by atoms with Gasteiger partial charge in [0, 0.05) is 16.5 Å². The highest BCUT2D eigenvalue weighted by Crippen LogP contribution is 2.38. The normalized spacial score (nSPS) is 12.9. The minimum Gasteiger partial charge on any atom is -0.379 e. The van der Waals surface area contributed by atoms with E-state index in [9.17, 15) is 35.9 Å². The molecule has 2 aromatic carbocycles. The average Bonchev–Trinajstić information content (AvgIpc) is 2.51. The van der Waals surface area contributed by atoms with Gasteiger partial charge >= 0.3 is 12.4 Å². The summed E-state index contributed by atoms with van der Waals surface area (Å²) in [7, 11) is 0. The van der Waals surface area contributed by atoms with Crippen LogP contribution in [0.25, 0.3) is 10.8 Å². The van der Waals surface area contributed by atoms with E-state index in [1.165, 1.54) is 24.3 Å². The molecule has 0 saturated carbocycles. The first-order valence-electron chi connectivity index (χ1n) is 7.70. The number of Topliss-reactive ketones (excluding diaryl/α,β-unsaturated/α-hetero) is 2. The van der Waals surface area contributed by atoms with Gasteiger partial charge in [-0.3, -0.25) is 9.59 Å². The molecule has 0 amide bonds. The zero-order valence-corrected chi connectivity index (χ0v) is 14.5. The molecule has 0 heterocycles. The standard InChI is InChI=1S/C18H15F6NO2/c1-16(2,3)25-13-10-7-5-4-6-9(10)11(14(26)17(19,20)21)8-12(13)15(27)18(22,23)24/h4-8,25H,1-3H3. The third-order valence-corrected chi connectivity index (χ3v) is 3.55. The van der Waals surface area contributed by atoms with Crippen molar-refractivity contribution in [2.45, 2.75) is 38.7 Å². The third kappa shape index (κ3) is 4.40. The number of fused-ring (bicyclic) bond motifs is 1. The zero-order chi connectivity index (χ0) is 20.8. The number of benzene rings is 2. The number of carbonyl (C=O) groups excluding carboxylic acids is 2. The lowest BCUT2D eigenvalue weighted by Gasteiger charge is -2.26. The van der Waals surface area contributed by atoms with Crippen LogP contribution in [0.1, 0.15) is 41.5 Å². The molecule has 2 rings (SSSR count). The van der Waals surface area contributed by atoms with Gasteiger partial charge in [-0.25, -0.2) is 0 Å². The van der Waals surface area contributed by atoms with E-state index in [1.807, 2.05) is 0 Å². The first-order chi connectivity index (χ1) is 12.1. The molecule has 0 bridgehead atoms. The fourth-order valence-electron chi connectivity index (χ4n) is 2.56. The highest BCUT2D eigenvalue weighted by molar-refractivity contribution is 6.19. The molecule has 27 heavy (non-hydrogen) atoms. The van der Waals surface area contributed by atoms with E-state index in [0.29, 0.717) is 6.07 Å². The number of nitrogens with one attached hydrogen (secondary N) is 1. The van der Waals surface area contributed by atoms with Crippen LogP contribution in [-0.4, -0.2) is 29.5 Å². The first-order valence-corrected chi connectivity index (χ1v) is 7.70. The van der Waals surface area contributed by atoms with Crippen molar-refractivity contribution in [1.82, 2.24) is 0 Å². The predicted molar refractivity (Wildman–Crippen MR) is 88.1 cm³/mol. The number of hydrogen-bond acceptors (Lipinski definition) is 3. The van der Waals surface area contributed by atoms with E-state index >= 15 is 0 Å². The lowest BCUT2D eigenvalue weighted by molar-refractivity contribution is -0.0886. The van der Waals surface area contributed by atoms with Crippen molar-refractivity contribution in [3.63, 3.8) is 0 Å². The lowest BCUT2D eigenvalue weighted by atomic mass is 9.92. The van der Waals surface area contributed by atoms with E-state index in [1.54, 1.807) is 20.8 Å². The van der Waals surface area contributed by atoms with Crippen LogP contribution < -0.4 is 5.32 Å². The Kier molecular flexibility index (Phi) is 5.02. The molecule has 0 fully saturated rings. The number of ketones is 2. The second-order valence-corrected chi connectivity index (χ2v) is 6.92. The fourth-order valence-corrected chi connectivity index (χ4v) is 2.56. The van der Waals surface area contributed by atoms with Gasteiger partial charge in [-0.1, -0.05) is 24.3 Å². The Balaban J connectivity index is 2.94. The maximum Gasteiger partial charge on any atom is 0.454 e. The Labute approximate surface area is 150 Å². The van der Waals surface area contributed by atoms with Crippen LogP contribution in [0.3, 0.4) is 0 Å². The number of carbonyl (C=O) groups is 2. The van der Waals surface area contributed by atoms with Gasteiger partial charge in [0.15, 0.2) is 0 Å². The summed E-state index contributed by atoms with van der Waals surface area (Å²) in [4.78, 5) is 23.6. The summed E-state index contributed by atoms with van der Waals surface area (Å²) in [5.41, 5.74) is -3.13. The maximum absolute atomic E-state index is 13.0. The maximum atomic E-state index is 13.0. The summed E-state index contributed by atoms with van der Waals surface area (Å²) < 4.78 is 77.9. The van der Waals surface area contributed by atoms with Crippen LogP contribution in [0, 0.1) is 0 Å². The van der Waals surface area contributed by atoms with Crippen molar-refractivity contribution in [1.29, 1.82) is 0 Å². The van der Waals surface area contributed by atoms with E-state index in [2.05, 4.69) is 5.32 Å². The summed E-state index contributed by atoms with van der Waals surface area (Å²) in [6.07, 6.45) is -10.6. The molecule has 0 saturated heterocycles. The van der Waals surface area contributed by atoms with Gasteiger partial charge in [0.1, 0.15) is 0 Å². The van der Waals surface area contributed by atoms with Gasteiger partial charge in [-0.15, -0.1) is 0 Å². The summed E-state index contributed by atoms with van der Waals surface area (Å²) in [6, 6.07) is 5.54. The van der Waals surface area contributed by atoms with Crippen LogP contribution >= 0.6 is 0 Å². The molecule has 0 aliphatic rings. The highest BCUT2D eigenvalue weighted by atomic mass is 19.4. The van der Waals surface area contributed by atoms with Gasteiger partial charge in [-0.05, 0) is 32.2 Å². The zero-order valence-electron chi connectivity index (χ0n) is 14.5. The molecule has 1 N–H and O–H groups in total. The number of rotatable bonds is 3. The lowest BCUT2D eigenvalue weighted by Crippen LogP contribution is -2.31. The Morgan fingerprint density at radius 1 is 0.778 bits per heavy atom. The van der Waals surface area contributed by atoms with Crippen molar-refractivity contribution in [3.8, 4) is 0 Å². The Morgan fingerprint density at radius 2 is 1.22 bits per heavy atom. The topological polar surface area (TPSA) is 46.2 Å². The van der Waals surface area contributed by atoms with Gasteiger partial charge < -0.3 is 5.32 Å². The molecular formula is C18H15F6NO2. The molecule has 0 aliphatic heterocycles. The number of anilines is 1. The first kappa shape index (κ1) is 20.7. The second kappa shape index (κ2) is 6.54. The third-order valence-electron chi connectivity index (χ3n) is 3.55. The Hall–Kier alpha value is -2.58. The molecular weight excluding hydrogens is 376 g/mol. The van der Waals surface area contributed by atoms with Gasteiger partial charge in [-0.2, -0.15) is 26.3 Å². The Bertz CT molecular complexity index is 907. The molecule has 0 aliphatic carbocycles.